The molecule has 3 rings (SSSR count). The van der Waals surface area contributed by atoms with Crippen molar-refractivity contribution in [2.75, 3.05) is 26.7 Å². The molecule has 1 aliphatic heterocycles. The molecule has 2 aromatic rings. The van der Waals surface area contributed by atoms with Crippen LogP contribution in [0.25, 0.3) is 0 Å². The number of nitrogens with zero attached hydrogens (tertiary/aromatic N) is 4. The fraction of sp³-hybridized carbons (Fsp3) is 0.353. The van der Waals surface area contributed by atoms with E-state index < -0.39 is 0 Å². The van der Waals surface area contributed by atoms with E-state index in [0.717, 1.165) is 17.9 Å². The molecule has 1 aromatic heterocycles. The van der Waals surface area contributed by atoms with Gasteiger partial charge in [-0.25, -0.2) is 4.98 Å². The highest BCUT2D eigenvalue weighted by molar-refractivity contribution is 5.95. The molecule has 0 saturated carbocycles. The van der Waals surface area contributed by atoms with Crippen LogP contribution in [0.3, 0.4) is 0 Å². The molecule has 6 heteroatoms. The maximum Gasteiger partial charge on any atom is 0.254 e. The Morgan fingerprint density at radius 2 is 2.26 bits per heavy atom. The van der Waals surface area contributed by atoms with E-state index in [1.54, 1.807) is 30.6 Å². The number of hydrogen-bond acceptors (Lipinski definition) is 4. The number of imidazole rings is 1. The Kier molecular flexibility index (Phi) is 4.13. The van der Waals surface area contributed by atoms with Crippen LogP contribution >= 0.6 is 0 Å². The molecular weight excluding hydrogens is 290 g/mol. The molecule has 2 heterocycles. The van der Waals surface area contributed by atoms with Gasteiger partial charge in [0.1, 0.15) is 5.82 Å². The van der Waals surface area contributed by atoms with E-state index in [0.29, 0.717) is 24.2 Å². The second-order valence-electron chi connectivity index (χ2n) is 5.86. The number of amides is 1. The first kappa shape index (κ1) is 15.3. The van der Waals surface area contributed by atoms with Gasteiger partial charge in [0.25, 0.3) is 5.91 Å². The molecule has 23 heavy (non-hydrogen) atoms. The van der Waals surface area contributed by atoms with Crippen molar-refractivity contribution < 1.29 is 4.79 Å². The number of nitrogens with one attached hydrogen (secondary N) is 1. The quantitative estimate of drug-likeness (QED) is 0.916. The summed E-state index contributed by atoms with van der Waals surface area (Å²) in [4.78, 5) is 24.4. The summed E-state index contributed by atoms with van der Waals surface area (Å²) in [5, 5.41) is 8.95. The standard InChI is InChI=1S/C17H19N5O/c1-12-9-13(10-18)3-4-14(12)17(23)22-8-7-21(2)15(11-22)16-19-5-6-20-16/h3-6,9,15H,7-8,11H2,1-2H3,(H,19,20)/t15-/m1/s1. The lowest BCUT2D eigenvalue weighted by Crippen LogP contribution is -2.49. The summed E-state index contributed by atoms with van der Waals surface area (Å²) >= 11 is 0. The number of benzene rings is 1. The smallest absolute Gasteiger partial charge is 0.254 e. The number of nitriles is 1. The summed E-state index contributed by atoms with van der Waals surface area (Å²) in [6.45, 7) is 3.95. The van der Waals surface area contributed by atoms with Gasteiger partial charge < -0.3 is 9.88 Å². The zero-order valence-corrected chi connectivity index (χ0v) is 13.3. The summed E-state index contributed by atoms with van der Waals surface area (Å²) in [6.07, 6.45) is 3.53. The molecular formula is C17H19N5O. The summed E-state index contributed by atoms with van der Waals surface area (Å²) in [5.74, 6) is 0.887. The molecule has 1 saturated heterocycles. The van der Waals surface area contributed by atoms with Gasteiger partial charge in [-0.1, -0.05) is 0 Å². The topological polar surface area (TPSA) is 76.0 Å². The molecule has 0 unspecified atom stereocenters. The second kappa shape index (κ2) is 6.23. The Bertz CT molecular complexity index is 747. The second-order valence-corrected chi connectivity index (χ2v) is 5.86. The molecule has 1 atom stereocenters. The number of carbonyl (C=O) groups excluding carboxylic acids is 1. The molecule has 0 aliphatic carbocycles. The van der Waals surface area contributed by atoms with Gasteiger partial charge in [0.2, 0.25) is 0 Å². The van der Waals surface area contributed by atoms with Gasteiger partial charge >= 0.3 is 0 Å². The van der Waals surface area contributed by atoms with Crippen molar-refractivity contribution in [1.82, 2.24) is 19.8 Å². The zero-order valence-electron chi connectivity index (χ0n) is 13.3. The fourth-order valence-corrected chi connectivity index (χ4v) is 2.96. The molecule has 1 aliphatic rings. The molecule has 1 aromatic carbocycles. The van der Waals surface area contributed by atoms with E-state index >= 15 is 0 Å². The maximum atomic E-state index is 12.8. The number of carbonyl (C=O) groups is 1. The third-order valence-electron chi connectivity index (χ3n) is 4.36. The minimum Gasteiger partial charge on any atom is -0.347 e. The normalized spacial score (nSPS) is 18.7. The first-order chi connectivity index (χ1) is 11.1. The van der Waals surface area contributed by atoms with E-state index in [9.17, 15) is 4.79 Å². The van der Waals surface area contributed by atoms with Gasteiger partial charge in [0.05, 0.1) is 17.7 Å². The van der Waals surface area contributed by atoms with Crippen LogP contribution in [0.5, 0.6) is 0 Å². The zero-order chi connectivity index (χ0) is 16.4. The van der Waals surface area contributed by atoms with Gasteiger partial charge in [-0.2, -0.15) is 5.26 Å². The van der Waals surface area contributed by atoms with Crippen molar-refractivity contribution in [3.63, 3.8) is 0 Å². The molecule has 1 amide bonds. The molecule has 118 valence electrons. The molecule has 6 nitrogen and oxygen atoms in total. The van der Waals surface area contributed by atoms with Crippen LogP contribution in [-0.4, -0.2) is 52.4 Å². The van der Waals surface area contributed by atoms with Crippen LogP contribution in [-0.2, 0) is 0 Å². The predicted octanol–water partition coefficient (Wildman–Crippen LogP) is 1.72. The number of rotatable bonds is 2. The van der Waals surface area contributed by atoms with E-state index in [2.05, 4.69) is 20.9 Å². The van der Waals surface area contributed by atoms with E-state index in [1.807, 2.05) is 18.9 Å². The highest BCUT2D eigenvalue weighted by atomic mass is 16.2. The summed E-state index contributed by atoms with van der Waals surface area (Å²) < 4.78 is 0. The van der Waals surface area contributed by atoms with Crippen molar-refractivity contribution in [2.24, 2.45) is 0 Å². The van der Waals surface area contributed by atoms with Crippen molar-refractivity contribution in [3.8, 4) is 6.07 Å². The van der Waals surface area contributed by atoms with Gasteiger partial charge in [0, 0.05) is 37.6 Å². The molecule has 1 N–H and O–H groups in total. The summed E-state index contributed by atoms with van der Waals surface area (Å²) in [6, 6.07) is 7.37. The number of piperazine rings is 1. The SMILES string of the molecule is Cc1cc(C#N)ccc1C(=O)N1CCN(C)[C@@H](c2ncc[nH]2)C1. The Labute approximate surface area is 135 Å². The third-order valence-corrected chi connectivity index (χ3v) is 4.36. The Morgan fingerprint density at radius 3 is 2.91 bits per heavy atom. The van der Waals surface area contributed by atoms with Crippen LogP contribution in [0, 0.1) is 18.3 Å². The Morgan fingerprint density at radius 1 is 1.43 bits per heavy atom. The monoisotopic (exact) mass is 309 g/mol. The lowest BCUT2D eigenvalue weighted by Gasteiger charge is -2.38. The average molecular weight is 309 g/mol. The van der Waals surface area contributed by atoms with Crippen LogP contribution in [0.1, 0.15) is 33.4 Å². The Hall–Kier alpha value is -2.65. The molecule has 0 spiro atoms. The van der Waals surface area contributed by atoms with Crippen molar-refractivity contribution in [1.29, 1.82) is 5.26 Å². The lowest BCUT2D eigenvalue weighted by molar-refractivity contribution is 0.0534. The average Bonchev–Trinajstić information content (AvgIpc) is 3.08. The van der Waals surface area contributed by atoms with E-state index in [1.165, 1.54) is 0 Å². The minimum atomic E-state index is 0.0108. The van der Waals surface area contributed by atoms with Crippen LogP contribution in [0.15, 0.2) is 30.6 Å². The molecule has 1 fully saturated rings. The predicted molar refractivity (Wildman–Crippen MR) is 85.8 cm³/mol. The summed E-state index contributed by atoms with van der Waals surface area (Å²) in [5.41, 5.74) is 2.07. The summed E-state index contributed by atoms with van der Waals surface area (Å²) in [7, 11) is 2.04. The van der Waals surface area contributed by atoms with Crippen LogP contribution in [0.2, 0.25) is 0 Å². The highest BCUT2D eigenvalue weighted by Gasteiger charge is 2.30. The number of likely N-dealkylation sites (N-methyl/N-ethyl adjacent to an activating group) is 1. The number of aromatic amines is 1. The number of aryl methyl sites for hydroxylation is 1. The Balaban J connectivity index is 1.81. The fourth-order valence-electron chi connectivity index (χ4n) is 2.96. The highest BCUT2D eigenvalue weighted by Crippen LogP contribution is 2.23. The number of hydrogen-bond donors (Lipinski definition) is 1. The number of aromatic nitrogens is 2. The molecule has 0 radical (unpaired) electrons. The van der Waals surface area contributed by atoms with Crippen molar-refractivity contribution in [2.45, 2.75) is 13.0 Å². The van der Waals surface area contributed by atoms with Crippen LogP contribution < -0.4 is 0 Å². The first-order valence-electron chi connectivity index (χ1n) is 7.59. The van der Waals surface area contributed by atoms with Gasteiger partial charge in [0.15, 0.2) is 0 Å². The van der Waals surface area contributed by atoms with Crippen LogP contribution in [0.4, 0.5) is 0 Å². The van der Waals surface area contributed by atoms with Gasteiger partial charge in [-0.05, 0) is 37.7 Å². The van der Waals surface area contributed by atoms with Crippen molar-refractivity contribution >= 4 is 5.91 Å². The number of H-pyrrole nitrogens is 1. The van der Waals surface area contributed by atoms with Crippen molar-refractivity contribution in [3.05, 3.63) is 53.1 Å². The lowest BCUT2D eigenvalue weighted by atomic mass is 10.0. The third kappa shape index (κ3) is 2.96. The first-order valence-corrected chi connectivity index (χ1v) is 7.59. The largest absolute Gasteiger partial charge is 0.347 e. The van der Waals surface area contributed by atoms with Gasteiger partial charge in [-0.15, -0.1) is 0 Å². The van der Waals surface area contributed by atoms with E-state index in [4.69, 9.17) is 5.26 Å². The molecule has 0 bridgehead atoms. The maximum absolute atomic E-state index is 12.8. The van der Waals surface area contributed by atoms with Gasteiger partial charge in [-0.3, -0.25) is 9.69 Å². The van der Waals surface area contributed by atoms with E-state index in [-0.39, 0.29) is 11.9 Å². The minimum absolute atomic E-state index is 0.0108.